The van der Waals surface area contributed by atoms with Crippen LogP contribution in [0.25, 0.3) is 10.2 Å². The maximum absolute atomic E-state index is 13.7. The average Bonchev–Trinajstić information content (AvgIpc) is 3.50. The molecule has 0 fully saturated rings. The lowest BCUT2D eigenvalue weighted by Gasteiger charge is -2.20. The van der Waals surface area contributed by atoms with Crippen molar-refractivity contribution < 1.29 is 19.0 Å². The van der Waals surface area contributed by atoms with Crippen LogP contribution in [-0.4, -0.2) is 47.8 Å². The van der Waals surface area contributed by atoms with Gasteiger partial charge in [-0.1, -0.05) is 11.3 Å². The average molecular weight is 467 g/mol. The van der Waals surface area contributed by atoms with Crippen LogP contribution in [0.4, 0.5) is 5.13 Å². The van der Waals surface area contributed by atoms with E-state index in [4.69, 9.17) is 19.2 Å². The van der Waals surface area contributed by atoms with Crippen LogP contribution in [0.5, 0.6) is 17.2 Å². The molecule has 0 aliphatic heterocycles. The van der Waals surface area contributed by atoms with Gasteiger partial charge in [0.25, 0.3) is 5.91 Å². The summed E-state index contributed by atoms with van der Waals surface area (Å²) in [6.45, 7) is 3.78. The number of fused-ring (bicyclic) bond motifs is 1. The number of amides is 1. The number of aromatic nitrogens is 3. The van der Waals surface area contributed by atoms with Crippen LogP contribution < -0.4 is 19.1 Å². The number of hydrogen-bond acceptors (Lipinski definition) is 7. The summed E-state index contributed by atoms with van der Waals surface area (Å²) in [5.41, 5.74) is 1.30. The van der Waals surface area contributed by atoms with Crippen LogP contribution in [0.1, 0.15) is 23.7 Å². The summed E-state index contributed by atoms with van der Waals surface area (Å²) in [6.07, 6.45) is 6.16. The van der Waals surface area contributed by atoms with Gasteiger partial charge in [0.05, 0.1) is 37.4 Å². The molecule has 4 aromatic rings. The largest absolute Gasteiger partial charge is 0.497 e. The first-order valence-corrected chi connectivity index (χ1v) is 11.5. The number of hydrogen-bond donors (Lipinski definition) is 0. The second-order valence-corrected chi connectivity index (χ2v) is 8.28. The van der Waals surface area contributed by atoms with Crippen LogP contribution in [0.3, 0.4) is 0 Å². The molecule has 2 aromatic carbocycles. The second-order valence-electron chi connectivity index (χ2n) is 7.27. The van der Waals surface area contributed by atoms with Crippen molar-refractivity contribution in [3.63, 3.8) is 0 Å². The van der Waals surface area contributed by atoms with E-state index in [0.29, 0.717) is 35.3 Å². The van der Waals surface area contributed by atoms with E-state index in [0.717, 1.165) is 28.9 Å². The Balaban J connectivity index is 1.67. The number of nitrogens with zero attached hydrogens (tertiary/aromatic N) is 4. The minimum absolute atomic E-state index is 0.165. The van der Waals surface area contributed by atoms with Crippen molar-refractivity contribution in [2.45, 2.75) is 19.9 Å². The maximum atomic E-state index is 13.7. The molecule has 0 radical (unpaired) electrons. The number of carbonyl (C=O) groups is 1. The van der Waals surface area contributed by atoms with E-state index in [2.05, 4.69) is 4.98 Å². The van der Waals surface area contributed by atoms with Crippen LogP contribution in [0, 0.1) is 0 Å². The molecular formula is C24H26N4O4S. The van der Waals surface area contributed by atoms with E-state index < -0.39 is 0 Å². The van der Waals surface area contributed by atoms with Gasteiger partial charge in [0.1, 0.15) is 17.2 Å². The number of anilines is 1. The standard InChI is InChI=1S/C24H26N4O4S/c1-4-32-18-6-7-21-22(15-18)33-24(26-21)28(10-5-9-27-11-8-25-16-27)23(29)17-12-19(30-2)14-20(13-17)31-3/h6-8,11-16H,4-5,9-10H2,1-3H3. The fourth-order valence-corrected chi connectivity index (χ4v) is 4.48. The normalized spacial score (nSPS) is 10.9. The van der Waals surface area contributed by atoms with Crippen LogP contribution >= 0.6 is 11.3 Å². The highest BCUT2D eigenvalue weighted by molar-refractivity contribution is 7.22. The van der Waals surface area contributed by atoms with Crippen molar-refractivity contribution in [1.82, 2.24) is 14.5 Å². The number of thiazole rings is 1. The van der Waals surface area contributed by atoms with Crippen molar-refractivity contribution in [3.05, 3.63) is 60.7 Å². The van der Waals surface area contributed by atoms with Gasteiger partial charge in [-0.05, 0) is 43.7 Å². The molecule has 2 aromatic heterocycles. The van der Waals surface area contributed by atoms with Gasteiger partial charge in [-0.15, -0.1) is 0 Å². The number of benzene rings is 2. The zero-order valence-corrected chi connectivity index (χ0v) is 19.7. The summed E-state index contributed by atoms with van der Waals surface area (Å²) in [7, 11) is 3.13. The zero-order chi connectivity index (χ0) is 23.2. The Kier molecular flexibility index (Phi) is 7.09. The molecule has 0 aliphatic carbocycles. The fraction of sp³-hybridized carbons (Fsp3) is 0.292. The van der Waals surface area contributed by atoms with Crippen molar-refractivity contribution in [2.75, 3.05) is 32.3 Å². The van der Waals surface area contributed by atoms with E-state index >= 15 is 0 Å². The summed E-state index contributed by atoms with van der Waals surface area (Å²) >= 11 is 1.47. The SMILES string of the molecule is CCOc1ccc2nc(N(CCCn3ccnc3)C(=O)c3cc(OC)cc(OC)c3)sc2c1. The molecule has 0 N–H and O–H groups in total. The predicted molar refractivity (Wildman–Crippen MR) is 129 cm³/mol. The van der Waals surface area contributed by atoms with Crippen molar-refractivity contribution >= 4 is 32.6 Å². The third kappa shape index (κ3) is 5.25. The summed E-state index contributed by atoms with van der Waals surface area (Å²) in [5, 5.41) is 0.635. The van der Waals surface area contributed by atoms with Crippen LogP contribution in [0.15, 0.2) is 55.1 Å². The Morgan fingerprint density at radius 1 is 1.09 bits per heavy atom. The van der Waals surface area contributed by atoms with Crippen LogP contribution in [-0.2, 0) is 6.54 Å². The van der Waals surface area contributed by atoms with E-state index in [9.17, 15) is 4.79 Å². The molecule has 0 saturated carbocycles. The van der Waals surface area contributed by atoms with E-state index in [1.165, 1.54) is 11.3 Å². The van der Waals surface area contributed by atoms with Gasteiger partial charge >= 0.3 is 0 Å². The van der Waals surface area contributed by atoms with Crippen molar-refractivity contribution in [3.8, 4) is 17.2 Å². The van der Waals surface area contributed by atoms with Gasteiger partial charge in [-0.25, -0.2) is 9.97 Å². The van der Waals surface area contributed by atoms with Gasteiger partial charge in [0.15, 0.2) is 5.13 Å². The van der Waals surface area contributed by atoms with Crippen LogP contribution in [0.2, 0.25) is 0 Å². The smallest absolute Gasteiger partial charge is 0.260 e. The Labute approximate surface area is 196 Å². The third-order valence-electron chi connectivity index (χ3n) is 5.09. The van der Waals surface area contributed by atoms with Gasteiger partial charge in [-0.2, -0.15) is 0 Å². The summed E-state index contributed by atoms with van der Waals surface area (Å²) in [4.78, 5) is 24.2. The van der Waals surface area contributed by atoms with E-state index in [1.54, 1.807) is 49.8 Å². The first-order valence-electron chi connectivity index (χ1n) is 10.7. The van der Waals surface area contributed by atoms with Gasteiger partial charge < -0.3 is 18.8 Å². The highest BCUT2D eigenvalue weighted by atomic mass is 32.1. The first kappa shape index (κ1) is 22.6. The molecule has 33 heavy (non-hydrogen) atoms. The summed E-state index contributed by atoms with van der Waals surface area (Å²) in [5.74, 6) is 1.74. The molecule has 0 spiro atoms. The van der Waals surface area contributed by atoms with Crippen molar-refractivity contribution in [1.29, 1.82) is 0 Å². The van der Waals surface area contributed by atoms with Crippen molar-refractivity contribution in [2.24, 2.45) is 0 Å². The fourth-order valence-electron chi connectivity index (χ4n) is 3.47. The Bertz CT molecular complexity index is 1200. The number of imidazole rings is 1. The lowest BCUT2D eigenvalue weighted by Crippen LogP contribution is -2.32. The molecule has 9 heteroatoms. The van der Waals surface area contributed by atoms with Gasteiger partial charge in [-0.3, -0.25) is 9.69 Å². The molecule has 8 nitrogen and oxygen atoms in total. The number of methoxy groups -OCH3 is 2. The highest BCUT2D eigenvalue weighted by Gasteiger charge is 2.22. The Morgan fingerprint density at radius 3 is 2.55 bits per heavy atom. The number of carbonyl (C=O) groups excluding carboxylic acids is 1. The topological polar surface area (TPSA) is 78.7 Å². The number of aryl methyl sites for hydroxylation is 1. The third-order valence-corrected chi connectivity index (χ3v) is 6.13. The molecule has 2 heterocycles. The molecule has 0 atom stereocenters. The minimum atomic E-state index is -0.165. The first-order chi connectivity index (χ1) is 16.1. The molecule has 0 aliphatic rings. The minimum Gasteiger partial charge on any atom is -0.497 e. The zero-order valence-electron chi connectivity index (χ0n) is 18.9. The Morgan fingerprint density at radius 2 is 1.88 bits per heavy atom. The van der Waals surface area contributed by atoms with Gasteiger partial charge in [0.2, 0.25) is 0 Å². The van der Waals surface area contributed by atoms with E-state index in [1.807, 2.05) is 35.9 Å². The predicted octanol–water partition coefficient (Wildman–Crippen LogP) is 4.65. The molecular weight excluding hydrogens is 440 g/mol. The monoisotopic (exact) mass is 466 g/mol. The molecule has 0 bridgehead atoms. The molecule has 0 unspecified atom stereocenters. The molecule has 1 amide bonds. The Hall–Kier alpha value is -3.59. The quantitative estimate of drug-likeness (QED) is 0.339. The summed E-state index contributed by atoms with van der Waals surface area (Å²) in [6, 6.07) is 11.0. The number of rotatable bonds is 10. The second kappa shape index (κ2) is 10.4. The molecule has 0 saturated heterocycles. The summed E-state index contributed by atoms with van der Waals surface area (Å²) < 4.78 is 19.3. The molecule has 4 rings (SSSR count). The lowest BCUT2D eigenvalue weighted by atomic mass is 10.1. The number of ether oxygens (including phenoxy) is 3. The van der Waals surface area contributed by atoms with Gasteiger partial charge in [0, 0.05) is 37.1 Å². The van der Waals surface area contributed by atoms with E-state index in [-0.39, 0.29) is 5.91 Å². The molecule has 172 valence electrons. The lowest BCUT2D eigenvalue weighted by molar-refractivity contribution is 0.0985. The highest BCUT2D eigenvalue weighted by Crippen LogP contribution is 2.33. The maximum Gasteiger partial charge on any atom is 0.260 e.